The first-order valence-corrected chi connectivity index (χ1v) is 14.2. The smallest absolute Gasteiger partial charge is 0.318 e. The zero-order valence-electron chi connectivity index (χ0n) is 24.2. The SMILES string of the molecule is CC(NC(=O)N(C[C@@H](O)COc1ccccc1C#N)C(C)(C)Cc1c[nH]c2ccccc12)c1cccc2ccccc12. The van der Waals surface area contributed by atoms with Gasteiger partial charge >= 0.3 is 6.03 Å². The highest BCUT2D eigenvalue weighted by atomic mass is 16.5. The van der Waals surface area contributed by atoms with Crippen molar-refractivity contribution in [2.24, 2.45) is 0 Å². The number of nitrogens with zero attached hydrogens (tertiary/aromatic N) is 2. The molecule has 1 unspecified atom stereocenters. The molecule has 7 nitrogen and oxygen atoms in total. The molecule has 0 aliphatic rings. The molecule has 2 atom stereocenters. The van der Waals surface area contributed by atoms with Crippen LogP contribution < -0.4 is 10.1 Å². The Morgan fingerprint density at radius 2 is 1.69 bits per heavy atom. The number of hydrogen-bond donors (Lipinski definition) is 3. The third-order valence-corrected chi connectivity index (χ3v) is 7.74. The van der Waals surface area contributed by atoms with E-state index >= 15 is 0 Å². The maximum atomic E-state index is 14.0. The molecule has 7 heteroatoms. The van der Waals surface area contributed by atoms with E-state index in [1.807, 2.05) is 69.4 Å². The van der Waals surface area contributed by atoms with Crippen LogP contribution >= 0.6 is 0 Å². The second kappa shape index (κ2) is 12.4. The summed E-state index contributed by atoms with van der Waals surface area (Å²) < 4.78 is 5.81. The van der Waals surface area contributed by atoms with Crippen molar-refractivity contribution >= 4 is 27.7 Å². The van der Waals surface area contributed by atoms with E-state index < -0.39 is 11.6 Å². The third-order valence-electron chi connectivity index (χ3n) is 7.74. The Balaban J connectivity index is 1.39. The van der Waals surface area contributed by atoms with E-state index in [1.54, 1.807) is 29.2 Å². The van der Waals surface area contributed by atoms with E-state index in [0.29, 0.717) is 17.7 Å². The summed E-state index contributed by atoms with van der Waals surface area (Å²) in [5.74, 6) is 0.401. The molecule has 1 heterocycles. The fraction of sp³-hybridized carbons (Fsp3) is 0.257. The zero-order chi connectivity index (χ0) is 29.7. The fourth-order valence-corrected chi connectivity index (χ4v) is 5.55. The minimum Gasteiger partial charge on any atom is -0.489 e. The number of fused-ring (bicyclic) bond motifs is 2. The number of nitrogens with one attached hydrogen (secondary N) is 2. The van der Waals surface area contributed by atoms with Crippen LogP contribution in [0.25, 0.3) is 21.7 Å². The molecule has 0 radical (unpaired) electrons. The van der Waals surface area contributed by atoms with Gasteiger partial charge in [0.2, 0.25) is 0 Å². The summed E-state index contributed by atoms with van der Waals surface area (Å²) in [6, 6.07) is 30.8. The number of β-amino-alcohol motifs (C(OH)–C–C–N with tert-alkyl or cyclic N) is 1. The molecule has 0 bridgehead atoms. The molecular weight excluding hydrogens is 524 g/mol. The topological polar surface area (TPSA) is 101 Å². The first kappa shape index (κ1) is 28.7. The number of carbonyl (C=O) groups excluding carboxylic acids is 1. The maximum Gasteiger partial charge on any atom is 0.318 e. The molecule has 0 fully saturated rings. The lowest BCUT2D eigenvalue weighted by atomic mass is 9.92. The van der Waals surface area contributed by atoms with Gasteiger partial charge in [0.25, 0.3) is 0 Å². The molecule has 5 rings (SSSR count). The number of para-hydroxylation sites is 2. The summed E-state index contributed by atoms with van der Waals surface area (Å²) in [5.41, 5.74) is 2.87. The molecule has 42 heavy (non-hydrogen) atoms. The number of aliphatic hydroxyl groups excluding tert-OH is 1. The van der Waals surface area contributed by atoms with Gasteiger partial charge in [0.1, 0.15) is 24.5 Å². The molecule has 214 valence electrons. The second-order valence-corrected chi connectivity index (χ2v) is 11.3. The minimum atomic E-state index is -0.988. The van der Waals surface area contributed by atoms with Crippen LogP contribution in [0.3, 0.4) is 0 Å². The first-order chi connectivity index (χ1) is 20.3. The van der Waals surface area contributed by atoms with Gasteiger partial charge in [0.05, 0.1) is 18.2 Å². The molecule has 2 amide bonds. The lowest BCUT2D eigenvalue weighted by Crippen LogP contribution is -2.56. The van der Waals surface area contributed by atoms with Crippen molar-refractivity contribution in [3.8, 4) is 11.8 Å². The molecule has 0 aliphatic heterocycles. The highest BCUT2D eigenvalue weighted by Gasteiger charge is 2.34. The molecule has 5 aromatic rings. The van der Waals surface area contributed by atoms with Crippen LogP contribution in [-0.2, 0) is 6.42 Å². The Hall–Kier alpha value is -4.80. The van der Waals surface area contributed by atoms with Crippen LogP contribution in [0, 0.1) is 11.3 Å². The van der Waals surface area contributed by atoms with Crippen LogP contribution in [0.15, 0.2) is 97.2 Å². The normalized spacial score (nSPS) is 12.9. The Morgan fingerprint density at radius 1 is 1.00 bits per heavy atom. The molecule has 0 aliphatic carbocycles. The summed E-state index contributed by atoms with van der Waals surface area (Å²) in [7, 11) is 0. The Labute approximate surface area is 246 Å². The number of benzene rings is 4. The lowest BCUT2D eigenvalue weighted by Gasteiger charge is -2.40. The molecule has 0 spiro atoms. The Kier molecular flexibility index (Phi) is 8.46. The average Bonchev–Trinajstić information content (AvgIpc) is 3.40. The summed E-state index contributed by atoms with van der Waals surface area (Å²) in [6.07, 6.45) is 1.56. The van der Waals surface area contributed by atoms with Gasteiger partial charge in [0.15, 0.2) is 0 Å². The van der Waals surface area contributed by atoms with Gasteiger partial charge in [-0.25, -0.2) is 4.79 Å². The van der Waals surface area contributed by atoms with Crippen LogP contribution in [0.4, 0.5) is 4.79 Å². The maximum absolute atomic E-state index is 14.0. The summed E-state index contributed by atoms with van der Waals surface area (Å²) in [6.45, 7) is 5.97. The number of H-pyrrole nitrogens is 1. The summed E-state index contributed by atoms with van der Waals surface area (Å²) in [5, 5.41) is 27.0. The number of amides is 2. The molecule has 1 aromatic heterocycles. The van der Waals surface area contributed by atoms with Crippen molar-refractivity contribution in [1.82, 2.24) is 15.2 Å². The standard InChI is InChI=1S/C35H36N4O3/c1-24(29-16-10-13-25-11-4-6-14-30(25)29)38-34(41)39(22-28(40)23-42-33-18-9-5-12-26(33)20-36)35(2,3)19-27-21-37-32-17-8-7-15-31(27)32/h4-18,21,24,28,37,40H,19,22-23H2,1-3H3,(H,38,41)/t24?,28-/m1/s1. The van der Waals surface area contributed by atoms with Crippen molar-refractivity contribution in [2.45, 2.75) is 44.9 Å². The van der Waals surface area contributed by atoms with Gasteiger partial charge < -0.3 is 25.0 Å². The quantitative estimate of drug-likeness (QED) is 0.176. The first-order valence-electron chi connectivity index (χ1n) is 14.2. The summed E-state index contributed by atoms with van der Waals surface area (Å²) >= 11 is 0. The summed E-state index contributed by atoms with van der Waals surface area (Å²) in [4.78, 5) is 19.0. The van der Waals surface area contributed by atoms with Gasteiger partial charge in [-0.05, 0) is 67.3 Å². The largest absolute Gasteiger partial charge is 0.489 e. The monoisotopic (exact) mass is 560 g/mol. The number of hydrogen-bond acceptors (Lipinski definition) is 4. The number of urea groups is 1. The van der Waals surface area contributed by atoms with E-state index in [-0.39, 0.29) is 25.2 Å². The van der Waals surface area contributed by atoms with Gasteiger partial charge in [-0.1, -0.05) is 72.8 Å². The van der Waals surface area contributed by atoms with Crippen molar-refractivity contribution in [3.05, 3.63) is 114 Å². The van der Waals surface area contributed by atoms with Gasteiger partial charge in [0, 0.05) is 22.6 Å². The highest BCUT2D eigenvalue weighted by molar-refractivity contribution is 5.87. The third kappa shape index (κ3) is 6.24. The molecule has 0 saturated carbocycles. The molecule has 0 saturated heterocycles. The van der Waals surface area contributed by atoms with E-state index in [0.717, 1.165) is 32.8 Å². The second-order valence-electron chi connectivity index (χ2n) is 11.3. The lowest BCUT2D eigenvalue weighted by molar-refractivity contribution is 0.0455. The van der Waals surface area contributed by atoms with Gasteiger partial charge in [-0.2, -0.15) is 5.26 Å². The number of aromatic amines is 1. The van der Waals surface area contributed by atoms with Crippen LogP contribution in [-0.4, -0.2) is 45.8 Å². The predicted octanol–water partition coefficient (Wildman–Crippen LogP) is 6.73. The van der Waals surface area contributed by atoms with E-state index in [1.165, 1.54) is 0 Å². The number of ether oxygens (including phenoxy) is 1. The van der Waals surface area contributed by atoms with E-state index in [2.05, 4.69) is 40.6 Å². The number of rotatable bonds is 10. The fourth-order valence-electron chi connectivity index (χ4n) is 5.55. The predicted molar refractivity (Wildman–Crippen MR) is 166 cm³/mol. The van der Waals surface area contributed by atoms with Gasteiger partial charge in [-0.3, -0.25) is 0 Å². The number of nitriles is 1. The van der Waals surface area contributed by atoms with Crippen molar-refractivity contribution in [3.63, 3.8) is 0 Å². The highest BCUT2D eigenvalue weighted by Crippen LogP contribution is 2.29. The Morgan fingerprint density at radius 3 is 2.50 bits per heavy atom. The van der Waals surface area contributed by atoms with Crippen LogP contribution in [0.5, 0.6) is 5.75 Å². The number of aliphatic hydroxyl groups is 1. The van der Waals surface area contributed by atoms with Crippen LogP contribution in [0.1, 0.15) is 43.5 Å². The zero-order valence-corrected chi connectivity index (χ0v) is 24.2. The van der Waals surface area contributed by atoms with E-state index in [9.17, 15) is 15.2 Å². The Bertz CT molecular complexity index is 1730. The molecule has 4 aromatic carbocycles. The van der Waals surface area contributed by atoms with Gasteiger partial charge in [-0.15, -0.1) is 0 Å². The minimum absolute atomic E-state index is 0.0398. The molecule has 3 N–H and O–H groups in total. The molecular formula is C35H36N4O3. The van der Waals surface area contributed by atoms with Crippen molar-refractivity contribution < 1.29 is 14.6 Å². The number of aromatic nitrogens is 1. The van der Waals surface area contributed by atoms with Crippen LogP contribution in [0.2, 0.25) is 0 Å². The van der Waals surface area contributed by atoms with Crippen molar-refractivity contribution in [1.29, 1.82) is 5.26 Å². The van der Waals surface area contributed by atoms with Crippen molar-refractivity contribution in [2.75, 3.05) is 13.2 Å². The number of carbonyl (C=O) groups is 1. The van der Waals surface area contributed by atoms with E-state index in [4.69, 9.17) is 4.74 Å². The average molecular weight is 561 g/mol.